The van der Waals surface area contributed by atoms with E-state index in [0.29, 0.717) is 30.1 Å². The van der Waals surface area contributed by atoms with Crippen molar-refractivity contribution in [3.8, 4) is 0 Å². The van der Waals surface area contributed by atoms with Crippen LogP contribution in [0.25, 0.3) is 0 Å². The summed E-state index contributed by atoms with van der Waals surface area (Å²) >= 11 is 0. The smallest absolute Gasteiger partial charge is 0.307 e. The first-order valence-corrected chi connectivity index (χ1v) is 6.64. The number of nitrogens with zero attached hydrogens (tertiary/aromatic N) is 3. The van der Waals surface area contributed by atoms with Crippen LogP contribution in [0.2, 0.25) is 0 Å². The monoisotopic (exact) mass is 282 g/mol. The van der Waals surface area contributed by atoms with Gasteiger partial charge in [-0.3, -0.25) is 14.3 Å². The second-order valence-electron chi connectivity index (χ2n) is 4.47. The number of esters is 1. The average molecular weight is 282 g/mol. The molecule has 0 aliphatic rings. The molecule has 112 valence electrons. The van der Waals surface area contributed by atoms with E-state index >= 15 is 0 Å². The summed E-state index contributed by atoms with van der Waals surface area (Å²) in [7, 11) is 3.31. The normalized spacial score (nSPS) is 10.4. The lowest BCUT2D eigenvalue weighted by atomic mass is 10.2. The van der Waals surface area contributed by atoms with E-state index in [2.05, 4.69) is 5.10 Å². The minimum absolute atomic E-state index is 0.161. The number of amides is 1. The van der Waals surface area contributed by atoms with E-state index in [-0.39, 0.29) is 24.8 Å². The molecular formula is C13H22N4O3. The van der Waals surface area contributed by atoms with Gasteiger partial charge in [0.2, 0.25) is 0 Å². The number of nitrogen functional groups attached to an aromatic ring is 1. The van der Waals surface area contributed by atoms with Crippen molar-refractivity contribution in [1.29, 1.82) is 0 Å². The van der Waals surface area contributed by atoms with Gasteiger partial charge in [-0.25, -0.2) is 0 Å². The van der Waals surface area contributed by atoms with Crippen LogP contribution in [0.5, 0.6) is 0 Å². The summed E-state index contributed by atoms with van der Waals surface area (Å²) in [4.78, 5) is 25.1. The Kier molecular flexibility index (Phi) is 5.54. The number of hydrogen-bond donors (Lipinski definition) is 1. The molecule has 0 radical (unpaired) electrons. The van der Waals surface area contributed by atoms with E-state index in [1.54, 1.807) is 21.0 Å². The maximum absolute atomic E-state index is 12.3. The van der Waals surface area contributed by atoms with Crippen LogP contribution >= 0.6 is 0 Å². The van der Waals surface area contributed by atoms with Crippen molar-refractivity contribution in [1.82, 2.24) is 14.7 Å². The molecule has 0 aromatic carbocycles. The van der Waals surface area contributed by atoms with Crippen LogP contribution in [0.4, 0.5) is 5.69 Å². The van der Waals surface area contributed by atoms with Crippen molar-refractivity contribution in [2.45, 2.75) is 26.7 Å². The molecule has 0 fully saturated rings. The summed E-state index contributed by atoms with van der Waals surface area (Å²) < 4.78 is 6.31. The first kappa shape index (κ1) is 16.0. The number of carbonyl (C=O) groups excluding carboxylic acids is 2. The zero-order valence-electron chi connectivity index (χ0n) is 12.5. The summed E-state index contributed by atoms with van der Waals surface area (Å²) in [6.45, 7) is 4.29. The van der Waals surface area contributed by atoms with E-state index in [0.717, 1.165) is 0 Å². The molecule has 0 aliphatic heterocycles. The number of carbonyl (C=O) groups is 2. The molecule has 1 heterocycles. The van der Waals surface area contributed by atoms with E-state index in [4.69, 9.17) is 10.5 Å². The van der Waals surface area contributed by atoms with Crippen molar-refractivity contribution in [2.24, 2.45) is 7.05 Å². The molecule has 7 heteroatoms. The van der Waals surface area contributed by atoms with E-state index in [9.17, 15) is 9.59 Å². The Hall–Kier alpha value is -2.05. The average Bonchev–Trinajstić information content (AvgIpc) is 2.70. The number of aromatic nitrogens is 2. The van der Waals surface area contributed by atoms with Gasteiger partial charge >= 0.3 is 5.97 Å². The minimum Gasteiger partial charge on any atom is -0.466 e. The third-order valence-corrected chi connectivity index (χ3v) is 3.00. The molecule has 0 bridgehead atoms. The van der Waals surface area contributed by atoms with Gasteiger partial charge in [0.15, 0.2) is 0 Å². The lowest BCUT2D eigenvalue weighted by molar-refractivity contribution is -0.143. The number of hydrogen-bond acceptors (Lipinski definition) is 5. The van der Waals surface area contributed by atoms with Gasteiger partial charge in [-0.05, 0) is 13.3 Å². The number of aryl methyl sites for hydroxylation is 2. The van der Waals surface area contributed by atoms with E-state index in [1.807, 2.05) is 6.92 Å². The summed E-state index contributed by atoms with van der Waals surface area (Å²) in [6.07, 6.45) is 0.827. The highest BCUT2D eigenvalue weighted by molar-refractivity contribution is 5.98. The molecular weight excluding hydrogens is 260 g/mol. The highest BCUT2D eigenvalue weighted by Gasteiger charge is 2.22. The maximum Gasteiger partial charge on any atom is 0.307 e. The third kappa shape index (κ3) is 3.49. The Balaban J connectivity index is 2.74. The molecule has 0 saturated carbocycles. The Labute approximate surface area is 118 Å². The van der Waals surface area contributed by atoms with Crippen LogP contribution in [0.15, 0.2) is 0 Å². The SMILES string of the molecule is CCOC(=O)CCN(C)C(=O)c1c(N)c(CC)nn1C. The lowest BCUT2D eigenvalue weighted by Gasteiger charge is -2.17. The molecule has 20 heavy (non-hydrogen) atoms. The summed E-state index contributed by atoms with van der Waals surface area (Å²) in [5.74, 6) is -0.569. The highest BCUT2D eigenvalue weighted by Crippen LogP contribution is 2.18. The second-order valence-corrected chi connectivity index (χ2v) is 4.47. The van der Waals surface area contributed by atoms with Crippen LogP contribution in [0, 0.1) is 0 Å². The molecule has 1 amide bonds. The van der Waals surface area contributed by atoms with Crippen molar-refractivity contribution < 1.29 is 14.3 Å². The molecule has 0 aliphatic carbocycles. The molecule has 7 nitrogen and oxygen atoms in total. The first-order chi connectivity index (χ1) is 9.42. The quantitative estimate of drug-likeness (QED) is 0.771. The Bertz CT molecular complexity index is 496. The third-order valence-electron chi connectivity index (χ3n) is 3.00. The fourth-order valence-electron chi connectivity index (χ4n) is 1.89. The fraction of sp³-hybridized carbons (Fsp3) is 0.615. The van der Waals surface area contributed by atoms with Gasteiger partial charge in [0.25, 0.3) is 5.91 Å². The fourth-order valence-corrected chi connectivity index (χ4v) is 1.89. The molecule has 1 aromatic heterocycles. The number of anilines is 1. The van der Waals surface area contributed by atoms with Gasteiger partial charge in [0.05, 0.1) is 24.4 Å². The molecule has 0 saturated heterocycles. The van der Waals surface area contributed by atoms with Gasteiger partial charge in [-0.15, -0.1) is 0 Å². The lowest BCUT2D eigenvalue weighted by Crippen LogP contribution is -2.31. The predicted octanol–water partition coefficient (Wildman–Crippen LogP) is 0.590. The second kappa shape index (κ2) is 6.93. The van der Waals surface area contributed by atoms with Crippen LogP contribution in [0.3, 0.4) is 0 Å². The Morgan fingerprint density at radius 2 is 2.05 bits per heavy atom. The summed E-state index contributed by atoms with van der Waals surface area (Å²) in [5, 5.41) is 4.21. The van der Waals surface area contributed by atoms with Crippen LogP contribution in [-0.4, -0.2) is 46.8 Å². The molecule has 2 N–H and O–H groups in total. The van der Waals surface area contributed by atoms with E-state index in [1.165, 1.54) is 9.58 Å². The van der Waals surface area contributed by atoms with Gasteiger partial charge < -0.3 is 15.4 Å². The number of rotatable bonds is 6. The molecule has 0 spiro atoms. The molecule has 0 atom stereocenters. The molecule has 1 rings (SSSR count). The van der Waals surface area contributed by atoms with Crippen LogP contribution in [-0.2, 0) is 23.0 Å². The Morgan fingerprint density at radius 3 is 2.55 bits per heavy atom. The predicted molar refractivity (Wildman–Crippen MR) is 75.2 cm³/mol. The Morgan fingerprint density at radius 1 is 1.40 bits per heavy atom. The summed E-state index contributed by atoms with van der Waals surface area (Å²) in [5.41, 5.74) is 7.40. The van der Waals surface area contributed by atoms with Gasteiger partial charge in [-0.2, -0.15) is 5.10 Å². The van der Waals surface area contributed by atoms with Crippen molar-refractivity contribution in [3.05, 3.63) is 11.4 Å². The maximum atomic E-state index is 12.3. The van der Waals surface area contributed by atoms with Gasteiger partial charge in [0.1, 0.15) is 5.69 Å². The minimum atomic E-state index is -0.320. The van der Waals surface area contributed by atoms with Crippen LogP contribution < -0.4 is 5.73 Å². The van der Waals surface area contributed by atoms with E-state index < -0.39 is 0 Å². The van der Waals surface area contributed by atoms with Crippen LogP contribution in [0.1, 0.15) is 36.5 Å². The van der Waals surface area contributed by atoms with Gasteiger partial charge in [0, 0.05) is 20.6 Å². The van der Waals surface area contributed by atoms with Crippen molar-refractivity contribution in [2.75, 3.05) is 25.9 Å². The largest absolute Gasteiger partial charge is 0.466 e. The molecule has 0 unspecified atom stereocenters. The first-order valence-electron chi connectivity index (χ1n) is 6.64. The van der Waals surface area contributed by atoms with Crippen molar-refractivity contribution in [3.63, 3.8) is 0 Å². The van der Waals surface area contributed by atoms with Gasteiger partial charge in [-0.1, -0.05) is 6.92 Å². The zero-order chi connectivity index (χ0) is 15.3. The number of ether oxygens (including phenoxy) is 1. The summed E-state index contributed by atoms with van der Waals surface area (Å²) in [6, 6.07) is 0. The topological polar surface area (TPSA) is 90.4 Å². The zero-order valence-corrected chi connectivity index (χ0v) is 12.5. The molecule has 1 aromatic rings. The number of nitrogens with two attached hydrogens (primary N) is 1. The highest BCUT2D eigenvalue weighted by atomic mass is 16.5. The standard InChI is InChI=1S/C13H22N4O3/c1-5-9-11(14)12(17(4)15-9)13(19)16(3)8-7-10(18)20-6-2/h5-8,14H2,1-4H3. The van der Waals surface area contributed by atoms with Crippen molar-refractivity contribution >= 4 is 17.6 Å².